The zero-order valence-corrected chi connectivity index (χ0v) is 17.8. The van der Waals surface area contributed by atoms with E-state index in [-0.39, 0.29) is 23.3 Å². The van der Waals surface area contributed by atoms with Gasteiger partial charge in [-0.15, -0.1) is 0 Å². The highest BCUT2D eigenvalue weighted by Gasteiger charge is 2.75. The summed E-state index contributed by atoms with van der Waals surface area (Å²) < 4.78 is 18.3. The molecular weight excluding hydrogens is 352 g/mol. The van der Waals surface area contributed by atoms with Crippen LogP contribution in [-0.4, -0.2) is 31.1 Å². The zero-order chi connectivity index (χ0) is 19.4. The molecule has 4 heteroatoms. The Hall–Kier alpha value is -0.610. The van der Waals surface area contributed by atoms with Crippen LogP contribution in [0.15, 0.2) is 0 Å². The number of carbonyl (C=O) groups is 1. The van der Waals surface area contributed by atoms with Gasteiger partial charge >= 0.3 is 5.97 Å². The van der Waals surface area contributed by atoms with Crippen molar-refractivity contribution in [2.24, 2.45) is 39.9 Å². The van der Waals surface area contributed by atoms with E-state index < -0.39 is 0 Å². The molecule has 0 aromatic rings. The highest BCUT2D eigenvalue weighted by atomic mass is 16.7. The molecule has 6 rings (SSSR count). The Morgan fingerprint density at radius 3 is 2.36 bits per heavy atom. The Labute approximate surface area is 169 Å². The molecule has 5 saturated carbocycles. The molecule has 1 saturated heterocycles. The van der Waals surface area contributed by atoms with Crippen LogP contribution in [0.1, 0.15) is 78.6 Å². The second-order valence-corrected chi connectivity index (χ2v) is 11.5. The number of rotatable bonds is 1. The van der Waals surface area contributed by atoms with Crippen LogP contribution in [0.5, 0.6) is 0 Å². The van der Waals surface area contributed by atoms with E-state index in [9.17, 15) is 4.79 Å². The predicted octanol–water partition coefficient (Wildman–Crippen LogP) is 4.70. The van der Waals surface area contributed by atoms with Gasteiger partial charge in [-0.2, -0.15) is 0 Å². The maximum Gasteiger partial charge on any atom is 0.302 e. The van der Waals surface area contributed by atoms with Gasteiger partial charge < -0.3 is 14.2 Å². The van der Waals surface area contributed by atoms with Gasteiger partial charge in [-0.25, -0.2) is 0 Å². The fraction of sp³-hybridized carbons (Fsp3) is 0.958. The van der Waals surface area contributed by atoms with E-state index in [0.29, 0.717) is 10.8 Å². The van der Waals surface area contributed by atoms with E-state index in [1.807, 2.05) is 0 Å². The van der Waals surface area contributed by atoms with E-state index in [0.717, 1.165) is 56.1 Å². The topological polar surface area (TPSA) is 44.8 Å². The number of esters is 1. The van der Waals surface area contributed by atoms with E-state index in [1.165, 1.54) is 38.5 Å². The predicted molar refractivity (Wildman–Crippen MR) is 104 cm³/mol. The molecule has 8 atom stereocenters. The summed E-state index contributed by atoms with van der Waals surface area (Å²) in [5.41, 5.74) is 1.09. The van der Waals surface area contributed by atoms with Gasteiger partial charge in [0, 0.05) is 18.8 Å². The Balaban J connectivity index is 1.29. The van der Waals surface area contributed by atoms with Crippen molar-refractivity contribution >= 4 is 5.97 Å². The fourth-order valence-electron chi connectivity index (χ4n) is 9.60. The third-order valence-corrected chi connectivity index (χ3v) is 10.9. The number of fused-ring (bicyclic) bond motifs is 5. The fourth-order valence-corrected chi connectivity index (χ4v) is 9.60. The second-order valence-electron chi connectivity index (χ2n) is 11.5. The molecular formula is C24H36O4. The monoisotopic (exact) mass is 388 g/mol. The molecule has 1 aliphatic heterocycles. The van der Waals surface area contributed by atoms with Gasteiger partial charge in [0.25, 0.3) is 0 Å². The Bertz CT molecular complexity index is 699. The smallest absolute Gasteiger partial charge is 0.302 e. The van der Waals surface area contributed by atoms with Gasteiger partial charge in [-0.3, -0.25) is 4.79 Å². The molecule has 4 nitrogen and oxygen atoms in total. The molecule has 0 N–H and O–H groups in total. The molecule has 2 spiro atoms. The SMILES string of the molecule is CC(=O)O[C@H]1CC[C@]2(C)[C@H]3CC[C@@]4(C)[C@@H](CCC45OCCO5)[C@@H]3CC3CC32C1. The molecule has 0 aromatic heterocycles. The number of hydrogen-bond acceptors (Lipinski definition) is 4. The van der Waals surface area contributed by atoms with Gasteiger partial charge in [0.2, 0.25) is 0 Å². The van der Waals surface area contributed by atoms with Crippen molar-refractivity contribution in [3.05, 3.63) is 0 Å². The minimum Gasteiger partial charge on any atom is -0.463 e. The molecule has 6 fully saturated rings. The first-order valence-electron chi connectivity index (χ1n) is 11.8. The van der Waals surface area contributed by atoms with Crippen LogP contribution in [0.25, 0.3) is 0 Å². The third-order valence-electron chi connectivity index (χ3n) is 10.9. The lowest BCUT2D eigenvalue weighted by atomic mass is 9.44. The van der Waals surface area contributed by atoms with Gasteiger partial charge in [-0.05, 0) is 85.9 Å². The molecule has 2 unspecified atom stereocenters. The highest BCUT2D eigenvalue weighted by Crippen LogP contribution is 2.81. The summed E-state index contributed by atoms with van der Waals surface area (Å²) in [6.07, 6.45) is 11.3. The number of carbonyl (C=O) groups excluding carboxylic acids is 1. The van der Waals surface area contributed by atoms with E-state index in [1.54, 1.807) is 6.92 Å². The summed E-state index contributed by atoms with van der Waals surface area (Å²) in [6, 6.07) is 0. The van der Waals surface area contributed by atoms with Crippen molar-refractivity contribution in [2.45, 2.75) is 90.4 Å². The van der Waals surface area contributed by atoms with Crippen LogP contribution in [0.3, 0.4) is 0 Å². The van der Waals surface area contributed by atoms with Crippen molar-refractivity contribution in [3.63, 3.8) is 0 Å². The first-order valence-corrected chi connectivity index (χ1v) is 11.8. The first-order chi connectivity index (χ1) is 13.3. The molecule has 28 heavy (non-hydrogen) atoms. The van der Waals surface area contributed by atoms with E-state index in [4.69, 9.17) is 14.2 Å². The summed E-state index contributed by atoms with van der Waals surface area (Å²) >= 11 is 0. The minimum absolute atomic E-state index is 0.0999. The normalized spacial score (nSPS) is 55.8. The van der Waals surface area contributed by atoms with Crippen molar-refractivity contribution in [3.8, 4) is 0 Å². The van der Waals surface area contributed by atoms with Gasteiger partial charge in [0.05, 0.1) is 13.2 Å². The second kappa shape index (κ2) is 5.55. The Morgan fingerprint density at radius 1 is 0.929 bits per heavy atom. The lowest BCUT2D eigenvalue weighted by Crippen LogP contribution is -2.58. The van der Waals surface area contributed by atoms with E-state index >= 15 is 0 Å². The lowest BCUT2D eigenvalue weighted by molar-refractivity contribution is -0.248. The van der Waals surface area contributed by atoms with Crippen molar-refractivity contribution < 1.29 is 19.0 Å². The van der Waals surface area contributed by atoms with Crippen LogP contribution in [-0.2, 0) is 19.0 Å². The molecule has 0 amide bonds. The largest absolute Gasteiger partial charge is 0.463 e. The van der Waals surface area contributed by atoms with Crippen molar-refractivity contribution in [1.29, 1.82) is 0 Å². The molecule has 5 aliphatic carbocycles. The van der Waals surface area contributed by atoms with Crippen LogP contribution < -0.4 is 0 Å². The van der Waals surface area contributed by atoms with Crippen molar-refractivity contribution in [1.82, 2.24) is 0 Å². The standard InChI is InChI=1S/C24H36O4/c1-15(25)28-17-4-7-21(2)19-5-8-22(3)20(6-9-24(22)26-10-11-27-24)18(19)12-16-13-23(16,21)14-17/h16-20H,4-14H2,1-3H3/t16?,17-,18+,19-,20-,21+,22-,23?/m0/s1. The molecule has 0 radical (unpaired) electrons. The van der Waals surface area contributed by atoms with Gasteiger partial charge in [0.15, 0.2) is 5.79 Å². The molecule has 0 aromatic carbocycles. The molecule has 6 aliphatic rings. The molecule has 1 heterocycles. The lowest BCUT2D eigenvalue weighted by Gasteiger charge is -2.61. The quantitative estimate of drug-likeness (QED) is 0.611. The number of ether oxygens (including phenoxy) is 3. The first kappa shape index (κ1) is 18.2. The Morgan fingerprint density at radius 2 is 1.61 bits per heavy atom. The molecule has 0 bridgehead atoms. The summed E-state index contributed by atoms with van der Waals surface area (Å²) in [6.45, 7) is 8.22. The van der Waals surface area contributed by atoms with Gasteiger partial charge in [0.1, 0.15) is 6.10 Å². The van der Waals surface area contributed by atoms with Crippen LogP contribution >= 0.6 is 0 Å². The molecule has 156 valence electrons. The summed E-state index contributed by atoms with van der Waals surface area (Å²) in [5.74, 6) is 2.89. The Kier molecular flexibility index (Phi) is 3.60. The highest BCUT2D eigenvalue weighted by molar-refractivity contribution is 5.66. The average Bonchev–Trinajstić information content (AvgIpc) is 3.00. The maximum absolute atomic E-state index is 11.5. The van der Waals surface area contributed by atoms with Crippen molar-refractivity contribution in [2.75, 3.05) is 13.2 Å². The average molecular weight is 389 g/mol. The van der Waals surface area contributed by atoms with Crippen LogP contribution in [0.2, 0.25) is 0 Å². The van der Waals surface area contributed by atoms with Gasteiger partial charge in [-0.1, -0.05) is 13.8 Å². The summed E-state index contributed by atoms with van der Waals surface area (Å²) in [4.78, 5) is 11.5. The summed E-state index contributed by atoms with van der Waals surface area (Å²) in [7, 11) is 0. The minimum atomic E-state index is -0.283. The summed E-state index contributed by atoms with van der Waals surface area (Å²) in [5, 5.41) is 0. The number of hydrogen-bond donors (Lipinski definition) is 0. The third kappa shape index (κ3) is 2.02. The van der Waals surface area contributed by atoms with Crippen LogP contribution in [0.4, 0.5) is 0 Å². The van der Waals surface area contributed by atoms with Crippen LogP contribution in [0, 0.1) is 39.9 Å². The maximum atomic E-state index is 11.5. The zero-order valence-electron chi connectivity index (χ0n) is 17.8. The van der Waals surface area contributed by atoms with E-state index in [2.05, 4.69) is 13.8 Å².